The average Bonchev–Trinajstić information content (AvgIpc) is 3.00. The van der Waals surface area contributed by atoms with Gasteiger partial charge in [-0.2, -0.15) is 0 Å². The number of nitrogens with one attached hydrogen (secondary N) is 1. The van der Waals surface area contributed by atoms with Gasteiger partial charge >= 0.3 is 0 Å². The molecule has 1 N–H and O–H groups in total. The van der Waals surface area contributed by atoms with E-state index in [0.29, 0.717) is 0 Å². The number of amides is 1. The molecule has 0 radical (unpaired) electrons. The van der Waals surface area contributed by atoms with Crippen molar-refractivity contribution in [2.45, 2.75) is 188 Å². The highest BCUT2D eigenvalue weighted by atomic mass is 16.1. The Morgan fingerprint density at radius 2 is 0.810 bits per heavy atom. The van der Waals surface area contributed by atoms with Crippen LogP contribution in [0.25, 0.3) is 0 Å². The van der Waals surface area contributed by atoms with Gasteiger partial charge in [0.1, 0.15) is 0 Å². The smallest absolute Gasteiger partial charge is 0.207 e. The molecular weight excluding hydrogens is 514 g/mol. The molecule has 1 atom stereocenters. The van der Waals surface area contributed by atoms with Crippen LogP contribution in [-0.4, -0.2) is 62.0 Å². The molecule has 0 aliphatic heterocycles. The van der Waals surface area contributed by atoms with Gasteiger partial charge in [0.15, 0.2) is 0 Å². The standard InChI is InChI=1S/C38H79N3O/c1-5-9-12-15-18-21-24-31-40(32-25-22-19-16-13-10-6-2)35-36-41(33-26-23-20-17-14-11-7-3)34-29-38(27-8-4)28-30-39-37-42/h37-38H,5-36H2,1-4H3,(H,39,42). The molecular formula is C38H79N3O. The molecule has 1 amide bonds. The quantitative estimate of drug-likeness (QED) is 0.0580. The molecule has 42 heavy (non-hydrogen) atoms. The summed E-state index contributed by atoms with van der Waals surface area (Å²) in [6, 6.07) is 0. The van der Waals surface area contributed by atoms with E-state index in [4.69, 9.17) is 0 Å². The van der Waals surface area contributed by atoms with Gasteiger partial charge < -0.3 is 15.1 Å². The normalized spacial score (nSPS) is 12.4. The van der Waals surface area contributed by atoms with Crippen molar-refractivity contribution in [3.05, 3.63) is 0 Å². The molecule has 0 aromatic rings. The first kappa shape index (κ1) is 41.4. The molecule has 0 fully saturated rings. The van der Waals surface area contributed by atoms with Gasteiger partial charge in [0.05, 0.1) is 0 Å². The SMILES string of the molecule is CCCCCCCCCN(CCCCCCCCC)CCN(CCCCCCCCC)CCC(CCC)CCNC=O. The highest BCUT2D eigenvalue weighted by Crippen LogP contribution is 2.17. The second-order valence-corrected chi connectivity index (χ2v) is 13.4. The van der Waals surface area contributed by atoms with E-state index in [2.05, 4.69) is 42.8 Å². The Morgan fingerprint density at radius 1 is 0.429 bits per heavy atom. The summed E-state index contributed by atoms with van der Waals surface area (Å²) in [7, 11) is 0. The second-order valence-electron chi connectivity index (χ2n) is 13.4. The average molecular weight is 594 g/mol. The molecule has 0 saturated carbocycles. The molecule has 0 heterocycles. The Balaban J connectivity index is 4.87. The molecule has 0 spiro atoms. The number of hydrogen-bond acceptors (Lipinski definition) is 3. The summed E-state index contributed by atoms with van der Waals surface area (Å²) < 4.78 is 0. The number of nitrogens with zero attached hydrogens (tertiary/aromatic N) is 2. The molecule has 0 saturated heterocycles. The Morgan fingerprint density at radius 3 is 1.19 bits per heavy atom. The van der Waals surface area contributed by atoms with E-state index < -0.39 is 0 Å². The van der Waals surface area contributed by atoms with Gasteiger partial charge in [-0.3, -0.25) is 4.79 Å². The minimum atomic E-state index is 0.732. The molecule has 4 nitrogen and oxygen atoms in total. The monoisotopic (exact) mass is 594 g/mol. The van der Waals surface area contributed by atoms with Crippen LogP contribution >= 0.6 is 0 Å². The predicted octanol–water partition coefficient (Wildman–Crippen LogP) is 10.8. The maximum Gasteiger partial charge on any atom is 0.207 e. The van der Waals surface area contributed by atoms with Crippen LogP contribution in [0.2, 0.25) is 0 Å². The summed E-state index contributed by atoms with van der Waals surface area (Å²) in [5, 5.41) is 2.90. The van der Waals surface area contributed by atoms with Crippen molar-refractivity contribution >= 4 is 6.41 Å². The van der Waals surface area contributed by atoms with Gasteiger partial charge in [-0.1, -0.05) is 156 Å². The van der Waals surface area contributed by atoms with E-state index in [1.54, 1.807) is 0 Å². The summed E-state index contributed by atoms with van der Waals surface area (Å²) in [5.74, 6) is 0.732. The summed E-state index contributed by atoms with van der Waals surface area (Å²) in [6.07, 6.45) is 35.2. The van der Waals surface area contributed by atoms with Crippen LogP contribution in [0.1, 0.15) is 188 Å². The van der Waals surface area contributed by atoms with Crippen molar-refractivity contribution in [2.75, 3.05) is 45.8 Å². The van der Waals surface area contributed by atoms with E-state index in [1.165, 1.54) is 193 Å². The highest BCUT2D eigenvalue weighted by Gasteiger charge is 2.13. The Bertz CT molecular complexity index is 497. The lowest BCUT2D eigenvalue weighted by Gasteiger charge is -2.29. The lowest BCUT2D eigenvalue weighted by Crippen LogP contribution is -2.38. The fraction of sp³-hybridized carbons (Fsp3) is 0.974. The highest BCUT2D eigenvalue weighted by molar-refractivity contribution is 5.45. The second kappa shape index (κ2) is 34.9. The molecule has 0 aromatic carbocycles. The topological polar surface area (TPSA) is 35.6 Å². The van der Waals surface area contributed by atoms with E-state index in [1.807, 2.05) is 0 Å². The van der Waals surface area contributed by atoms with Crippen LogP contribution in [-0.2, 0) is 4.79 Å². The molecule has 0 bridgehead atoms. The molecule has 252 valence electrons. The van der Waals surface area contributed by atoms with Crippen molar-refractivity contribution in [1.29, 1.82) is 0 Å². The van der Waals surface area contributed by atoms with Crippen LogP contribution in [0.15, 0.2) is 0 Å². The van der Waals surface area contributed by atoms with Crippen LogP contribution in [0.3, 0.4) is 0 Å². The Labute approximate surface area is 265 Å². The first-order valence-electron chi connectivity index (χ1n) is 19.3. The number of hydrogen-bond donors (Lipinski definition) is 1. The van der Waals surface area contributed by atoms with E-state index >= 15 is 0 Å². The third-order valence-electron chi connectivity index (χ3n) is 9.30. The largest absolute Gasteiger partial charge is 0.359 e. The van der Waals surface area contributed by atoms with Crippen molar-refractivity contribution in [3.8, 4) is 0 Å². The molecule has 0 rings (SSSR count). The van der Waals surface area contributed by atoms with E-state index in [-0.39, 0.29) is 0 Å². The predicted molar refractivity (Wildman–Crippen MR) is 189 cm³/mol. The maximum atomic E-state index is 10.8. The minimum absolute atomic E-state index is 0.732. The van der Waals surface area contributed by atoms with Gasteiger partial charge in [-0.15, -0.1) is 0 Å². The molecule has 0 aliphatic rings. The number of carbonyl (C=O) groups is 1. The summed E-state index contributed by atoms with van der Waals surface area (Å²) in [6.45, 7) is 17.6. The molecule has 4 heteroatoms. The summed E-state index contributed by atoms with van der Waals surface area (Å²) in [5.41, 5.74) is 0. The first-order valence-corrected chi connectivity index (χ1v) is 19.3. The van der Waals surface area contributed by atoms with Gasteiger partial charge in [0.25, 0.3) is 0 Å². The van der Waals surface area contributed by atoms with E-state index in [0.717, 1.165) is 25.3 Å². The van der Waals surface area contributed by atoms with Crippen LogP contribution in [0.5, 0.6) is 0 Å². The zero-order valence-corrected chi connectivity index (χ0v) is 29.6. The zero-order chi connectivity index (χ0) is 30.8. The fourth-order valence-corrected chi connectivity index (χ4v) is 6.38. The lowest BCUT2D eigenvalue weighted by molar-refractivity contribution is -0.109. The first-order chi connectivity index (χ1) is 20.7. The van der Waals surface area contributed by atoms with Crippen molar-refractivity contribution < 1.29 is 4.79 Å². The molecule has 1 unspecified atom stereocenters. The third-order valence-corrected chi connectivity index (χ3v) is 9.30. The van der Waals surface area contributed by atoms with Crippen molar-refractivity contribution in [3.63, 3.8) is 0 Å². The Kier molecular flexibility index (Phi) is 34.4. The van der Waals surface area contributed by atoms with Gasteiger partial charge in [-0.25, -0.2) is 0 Å². The molecule has 0 aromatic heterocycles. The Hall–Kier alpha value is -0.610. The van der Waals surface area contributed by atoms with Crippen LogP contribution in [0.4, 0.5) is 0 Å². The van der Waals surface area contributed by atoms with Crippen LogP contribution in [0, 0.1) is 5.92 Å². The van der Waals surface area contributed by atoms with Crippen LogP contribution < -0.4 is 5.32 Å². The maximum absolute atomic E-state index is 10.8. The minimum Gasteiger partial charge on any atom is -0.359 e. The van der Waals surface area contributed by atoms with Gasteiger partial charge in [-0.05, 0) is 64.2 Å². The van der Waals surface area contributed by atoms with Gasteiger partial charge in [0, 0.05) is 19.6 Å². The van der Waals surface area contributed by atoms with E-state index in [9.17, 15) is 4.79 Å². The van der Waals surface area contributed by atoms with Crippen molar-refractivity contribution in [2.24, 2.45) is 5.92 Å². The zero-order valence-electron chi connectivity index (χ0n) is 29.6. The lowest BCUT2D eigenvalue weighted by atomic mass is 9.95. The number of carbonyl (C=O) groups excluding carboxylic acids is 1. The number of rotatable bonds is 36. The third kappa shape index (κ3) is 29.5. The molecule has 0 aliphatic carbocycles. The van der Waals surface area contributed by atoms with Crippen molar-refractivity contribution in [1.82, 2.24) is 15.1 Å². The fourth-order valence-electron chi connectivity index (χ4n) is 6.38. The summed E-state index contributed by atoms with van der Waals surface area (Å²) >= 11 is 0. The number of unbranched alkanes of at least 4 members (excludes halogenated alkanes) is 18. The summed E-state index contributed by atoms with van der Waals surface area (Å²) in [4.78, 5) is 16.4. The van der Waals surface area contributed by atoms with Gasteiger partial charge in [0.2, 0.25) is 6.41 Å².